The van der Waals surface area contributed by atoms with Crippen LogP contribution in [0.4, 0.5) is 10.5 Å². The maximum absolute atomic E-state index is 11.9. The molecule has 100 valence electrons. The highest BCUT2D eigenvalue weighted by molar-refractivity contribution is 5.89. The molecule has 0 heterocycles. The van der Waals surface area contributed by atoms with Crippen LogP contribution in [0, 0.1) is 6.92 Å². The summed E-state index contributed by atoms with van der Waals surface area (Å²) in [7, 11) is 1.58. The highest BCUT2D eigenvalue weighted by Gasteiger charge is 2.12. The number of rotatable bonds is 6. The van der Waals surface area contributed by atoms with Gasteiger partial charge in [-0.05, 0) is 19.1 Å². The fraction of sp³-hybridized carbons (Fsp3) is 0.462. The van der Waals surface area contributed by atoms with E-state index in [1.165, 1.54) is 4.90 Å². The Morgan fingerprint density at radius 3 is 2.56 bits per heavy atom. The van der Waals surface area contributed by atoms with Gasteiger partial charge in [0.05, 0.1) is 13.2 Å². The zero-order valence-electron chi connectivity index (χ0n) is 10.8. The van der Waals surface area contributed by atoms with Gasteiger partial charge in [-0.1, -0.05) is 17.7 Å². The summed E-state index contributed by atoms with van der Waals surface area (Å²) >= 11 is 0. The van der Waals surface area contributed by atoms with E-state index in [2.05, 4.69) is 5.32 Å². The predicted molar refractivity (Wildman–Crippen MR) is 70.7 cm³/mol. The Hall–Kier alpha value is -1.59. The number of urea groups is 1. The second-order valence-corrected chi connectivity index (χ2v) is 4.00. The second-order valence-electron chi connectivity index (χ2n) is 4.00. The summed E-state index contributed by atoms with van der Waals surface area (Å²) in [5.74, 6) is 0. The number of aryl methyl sites for hydroxylation is 1. The van der Waals surface area contributed by atoms with Crippen LogP contribution in [0.5, 0.6) is 0 Å². The summed E-state index contributed by atoms with van der Waals surface area (Å²) in [6, 6.07) is 7.33. The Balaban J connectivity index is 2.57. The van der Waals surface area contributed by atoms with Gasteiger partial charge in [-0.3, -0.25) is 0 Å². The number of nitrogens with zero attached hydrogens (tertiary/aromatic N) is 1. The van der Waals surface area contributed by atoms with Crippen molar-refractivity contribution in [3.63, 3.8) is 0 Å². The van der Waals surface area contributed by atoms with Crippen LogP contribution in [0.1, 0.15) is 5.56 Å². The fourth-order valence-electron chi connectivity index (χ4n) is 1.48. The molecule has 0 aliphatic carbocycles. The smallest absolute Gasteiger partial charge is 0.321 e. The average molecular weight is 252 g/mol. The first-order valence-corrected chi connectivity index (χ1v) is 5.89. The number of ether oxygens (including phenoxy) is 1. The van der Waals surface area contributed by atoms with E-state index in [1.807, 2.05) is 31.2 Å². The molecule has 0 saturated heterocycles. The van der Waals surface area contributed by atoms with Gasteiger partial charge in [0.1, 0.15) is 0 Å². The SMILES string of the molecule is COCCN(CCO)C(=O)Nc1ccc(C)cc1. The number of anilines is 1. The van der Waals surface area contributed by atoms with Gasteiger partial charge in [0.15, 0.2) is 0 Å². The first kappa shape index (κ1) is 14.5. The molecule has 0 atom stereocenters. The van der Waals surface area contributed by atoms with Crippen molar-refractivity contribution in [2.45, 2.75) is 6.92 Å². The molecule has 0 radical (unpaired) electrons. The van der Waals surface area contributed by atoms with E-state index in [0.29, 0.717) is 19.7 Å². The van der Waals surface area contributed by atoms with Crippen molar-refractivity contribution in [1.29, 1.82) is 0 Å². The van der Waals surface area contributed by atoms with Crippen molar-refractivity contribution in [1.82, 2.24) is 4.90 Å². The number of aliphatic hydroxyl groups excluding tert-OH is 1. The van der Waals surface area contributed by atoms with E-state index in [1.54, 1.807) is 7.11 Å². The number of nitrogens with one attached hydrogen (secondary N) is 1. The zero-order chi connectivity index (χ0) is 13.4. The second kappa shape index (κ2) is 7.68. The molecule has 5 heteroatoms. The molecule has 2 amide bonds. The molecule has 1 aromatic rings. The maximum atomic E-state index is 11.9. The van der Waals surface area contributed by atoms with E-state index >= 15 is 0 Å². The standard InChI is InChI=1S/C13H20N2O3/c1-11-3-5-12(6-4-11)14-13(17)15(7-9-16)8-10-18-2/h3-6,16H,7-10H2,1-2H3,(H,14,17). The molecular weight excluding hydrogens is 232 g/mol. The highest BCUT2D eigenvalue weighted by Crippen LogP contribution is 2.09. The maximum Gasteiger partial charge on any atom is 0.321 e. The number of hydrogen-bond donors (Lipinski definition) is 2. The van der Waals surface area contributed by atoms with E-state index in [9.17, 15) is 4.79 Å². The molecule has 0 aromatic heterocycles. The number of methoxy groups -OCH3 is 1. The van der Waals surface area contributed by atoms with Gasteiger partial charge in [-0.25, -0.2) is 4.79 Å². The molecule has 5 nitrogen and oxygen atoms in total. The summed E-state index contributed by atoms with van der Waals surface area (Å²) in [5, 5.41) is 11.7. The topological polar surface area (TPSA) is 61.8 Å². The van der Waals surface area contributed by atoms with Crippen LogP contribution in [0.15, 0.2) is 24.3 Å². The first-order valence-electron chi connectivity index (χ1n) is 5.89. The molecule has 0 bridgehead atoms. The predicted octanol–water partition coefficient (Wildman–Crippen LogP) is 1.47. The minimum absolute atomic E-state index is 0.0645. The molecule has 0 aliphatic heterocycles. The Morgan fingerprint density at radius 2 is 2.00 bits per heavy atom. The van der Waals surface area contributed by atoms with Crippen molar-refractivity contribution in [3.05, 3.63) is 29.8 Å². The summed E-state index contributed by atoms with van der Waals surface area (Å²) in [5.41, 5.74) is 1.88. The van der Waals surface area contributed by atoms with Gasteiger partial charge in [0, 0.05) is 25.9 Å². The lowest BCUT2D eigenvalue weighted by Crippen LogP contribution is -2.39. The van der Waals surface area contributed by atoms with Crippen LogP contribution in [-0.4, -0.2) is 49.5 Å². The summed E-state index contributed by atoms with van der Waals surface area (Å²) in [6.45, 7) is 3.12. The summed E-state index contributed by atoms with van der Waals surface area (Å²) in [4.78, 5) is 13.5. The van der Waals surface area contributed by atoms with Crippen LogP contribution in [0.2, 0.25) is 0 Å². The third-order valence-corrected chi connectivity index (χ3v) is 2.53. The summed E-state index contributed by atoms with van der Waals surface area (Å²) < 4.78 is 4.93. The molecule has 18 heavy (non-hydrogen) atoms. The van der Waals surface area contributed by atoms with Gasteiger partial charge < -0.3 is 20.1 Å². The Morgan fingerprint density at radius 1 is 1.33 bits per heavy atom. The molecule has 1 aromatic carbocycles. The van der Waals surface area contributed by atoms with Crippen molar-refractivity contribution < 1.29 is 14.6 Å². The number of benzene rings is 1. The monoisotopic (exact) mass is 252 g/mol. The van der Waals surface area contributed by atoms with Crippen molar-refractivity contribution in [3.8, 4) is 0 Å². The lowest BCUT2D eigenvalue weighted by Gasteiger charge is -2.21. The lowest BCUT2D eigenvalue weighted by molar-refractivity contribution is 0.142. The average Bonchev–Trinajstić information content (AvgIpc) is 2.37. The molecule has 0 aliphatic rings. The largest absolute Gasteiger partial charge is 0.395 e. The fourth-order valence-corrected chi connectivity index (χ4v) is 1.48. The number of carbonyl (C=O) groups excluding carboxylic acids is 1. The van der Waals surface area contributed by atoms with Gasteiger partial charge in [-0.2, -0.15) is 0 Å². The third-order valence-electron chi connectivity index (χ3n) is 2.53. The normalized spacial score (nSPS) is 10.2. The number of hydrogen-bond acceptors (Lipinski definition) is 3. The Bertz CT molecular complexity index is 365. The van der Waals surface area contributed by atoms with Gasteiger partial charge in [0.2, 0.25) is 0 Å². The lowest BCUT2D eigenvalue weighted by atomic mass is 10.2. The van der Waals surface area contributed by atoms with Crippen molar-refractivity contribution in [2.75, 3.05) is 38.7 Å². The quantitative estimate of drug-likeness (QED) is 0.806. The third kappa shape index (κ3) is 4.73. The van der Waals surface area contributed by atoms with Crippen molar-refractivity contribution in [2.24, 2.45) is 0 Å². The molecule has 0 unspecified atom stereocenters. The molecule has 1 rings (SSSR count). The number of carbonyl (C=O) groups is 1. The van der Waals surface area contributed by atoms with Gasteiger partial charge in [0.25, 0.3) is 0 Å². The molecule has 2 N–H and O–H groups in total. The van der Waals surface area contributed by atoms with Gasteiger partial charge in [-0.15, -0.1) is 0 Å². The van der Waals surface area contributed by atoms with Crippen LogP contribution in [0.25, 0.3) is 0 Å². The minimum Gasteiger partial charge on any atom is -0.395 e. The Kier molecular flexibility index (Phi) is 6.18. The van der Waals surface area contributed by atoms with E-state index in [-0.39, 0.29) is 12.6 Å². The first-order chi connectivity index (χ1) is 8.67. The zero-order valence-corrected chi connectivity index (χ0v) is 10.8. The molecular formula is C13H20N2O3. The van der Waals surface area contributed by atoms with Crippen LogP contribution in [0.3, 0.4) is 0 Å². The van der Waals surface area contributed by atoms with Crippen LogP contribution >= 0.6 is 0 Å². The van der Waals surface area contributed by atoms with Crippen LogP contribution < -0.4 is 5.32 Å². The summed E-state index contributed by atoms with van der Waals surface area (Å²) in [6.07, 6.45) is 0. The van der Waals surface area contributed by atoms with E-state index < -0.39 is 0 Å². The molecule has 0 spiro atoms. The van der Waals surface area contributed by atoms with E-state index in [4.69, 9.17) is 9.84 Å². The van der Waals surface area contributed by atoms with Crippen molar-refractivity contribution >= 4 is 11.7 Å². The number of amides is 2. The highest BCUT2D eigenvalue weighted by atomic mass is 16.5. The minimum atomic E-state index is -0.232. The molecule has 0 saturated carbocycles. The van der Waals surface area contributed by atoms with Crippen LogP contribution in [-0.2, 0) is 4.74 Å². The van der Waals surface area contributed by atoms with E-state index in [0.717, 1.165) is 11.3 Å². The molecule has 0 fully saturated rings. The Labute approximate surface area is 107 Å². The number of aliphatic hydroxyl groups is 1. The van der Waals surface area contributed by atoms with Gasteiger partial charge >= 0.3 is 6.03 Å².